The predicted molar refractivity (Wildman–Crippen MR) is 109 cm³/mol. The van der Waals surface area contributed by atoms with E-state index in [0.717, 1.165) is 36.4 Å². The molecule has 27 heavy (non-hydrogen) atoms. The molecule has 2 aromatic carbocycles. The Bertz CT molecular complexity index is 996. The van der Waals surface area contributed by atoms with Crippen LogP contribution in [0.25, 0.3) is 0 Å². The molecule has 2 heterocycles. The van der Waals surface area contributed by atoms with Gasteiger partial charge in [0.2, 0.25) is 0 Å². The van der Waals surface area contributed by atoms with Crippen molar-refractivity contribution >= 4 is 17.3 Å². The lowest BCUT2D eigenvalue weighted by molar-refractivity contribution is 0.102. The van der Waals surface area contributed by atoms with Crippen LogP contribution in [0.2, 0.25) is 0 Å². The highest BCUT2D eigenvalue weighted by Gasteiger charge is 2.18. The van der Waals surface area contributed by atoms with Crippen LogP contribution >= 0.6 is 0 Å². The maximum absolute atomic E-state index is 12.7. The number of benzene rings is 2. The summed E-state index contributed by atoms with van der Waals surface area (Å²) in [6.07, 6.45) is 4.47. The molecule has 3 aromatic rings. The molecule has 0 atom stereocenters. The molecule has 0 saturated heterocycles. The fourth-order valence-electron chi connectivity index (χ4n) is 3.59. The van der Waals surface area contributed by atoms with Gasteiger partial charge in [-0.1, -0.05) is 42.0 Å². The molecular weight excluding hydrogens is 334 g/mol. The van der Waals surface area contributed by atoms with Gasteiger partial charge in [-0.3, -0.25) is 9.78 Å². The second-order valence-electron chi connectivity index (χ2n) is 7.14. The monoisotopic (exact) mass is 357 g/mol. The number of hydrogen-bond acceptors (Lipinski definition) is 3. The van der Waals surface area contributed by atoms with Crippen LogP contribution in [0.3, 0.4) is 0 Å². The maximum Gasteiger partial charge on any atom is 0.257 e. The van der Waals surface area contributed by atoms with E-state index in [2.05, 4.69) is 45.5 Å². The number of fused-ring (bicyclic) bond motifs is 1. The van der Waals surface area contributed by atoms with Crippen molar-refractivity contribution in [1.29, 1.82) is 0 Å². The predicted octanol–water partition coefficient (Wildman–Crippen LogP) is 4.51. The zero-order valence-electron chi connectivity index (χ0n) is 15.7. The summed E-state index contributed by atoms with van der Waals surface area (Å²) in [5, 5.41) is 3.00. The zero-order chi connectivity index (χ0) is 18.8. The first kappa shape index (κ1) is 17.3. The fraction of sp³-hybridized carbons (Fsp3) is 0.217. The first-order chi connectivity index (χ1) is 13.1. The van der Waals surface area contributed by atoms with Gasteiger partial charge in [0.1, 0.15) is 0 Å². The van der Waals surface area contributed by atoms with Crippen molar-refractivity contribution in [3.8, 4) is 0 Å². The van der Waals surface area contributed by atoms with Gasteiger partial charge in [-0.2, -0.15) is 0 Å². The average molecular weight is 357 g/mol. The molecule has 0 aliphatic carbocycles. The van der Waals surface area contributed by atoms with E-state index in [1.807, 2.05) is 38.2 Å². The number of rotatable bonds is 3. The van der Waals surface area contributed by atoms with Crippen molar-refractivity contribution in [2.45, 2.75) is 26.8 Å². The first-order valence-electron chi connectivity index (χ1n) is 9.25. The highest BCUT2D eigenvalue weighted by Crippen LogP contribution is 2.25. The van der Waals surface area contributed by atoms with Crippen LogP contribution in [0.1, 0.15) is 32.6 Å². The summed E-state index contributed by atoms with van der Waals surface area (Å²) < 4.78 is 0. The summed E-state index contributed by atoms with van der Waals surface area (Å²) in [5.74, 6) is -0.131. The molecule has 1 N–H and O–H groups in total. The van der Waals surface area contributed by atoms with Crippen LogP contribution in [0.4, 0.5) is 11.4 Å². The maximum atomic E-state index is 12.7. The average Bonchev–Trinajstić information content (AvgIpc) is 2.70. The minimum absolute atomic E-state index is 0.131. The molecule has 4 heteroatoms. The molecule has 0 unspecified atom stereocenters. The Morgan fingerprint density at radius 3 is 2.67 bits per heavy atom. The molecule has 0 radical (unpaired) electrons. The van der Waals surface area contributed by atoms with Gasteiger partial charge in [0.15, 0.2) is 0 Å². The highest BCUT2D eigenvalue weighted by atomic mass is 16.1. The van der Waals surface area contributed by atoms with Crippen molar-refractivity contribution in [3.05, 3.63) is 88.7 Å². The third-order valence-corrected chi connectivity index (χ3v) is 5.11. The number of amides is 1. The molecule has 0 bridgehead atoms. The van der Waals surface area contributed by atoms with Crippen molar-refractivity contribution in [2.75, 3.05) is 16.8 Å². The Labute approximate surface area is 159 Å². The van der Waals surface area contributed by atoms with Crippen molar-refractivity contribution < 1.29 is 4.79 Å². The number of carbonyl (C=O) groups is 1. The second kappa shape index (κ2) is 7.23. The fourth-order valence-corrected chi connectivity index (χ4v) is 3.59. The third kappa shape index (κ3) is 3.70. The number of nitrogens with zero attached hydrogens (tertiary/aromatic N) is 2. The van der Waals surface area contributed by atoms with Gasteiger partial charge >= 0.3 is 0 Å². The number of pyridine rings is 1. The van der Waals surface area contributed by atoms with Gasteiger partial charge in [0, 0.05) is 25.0 Å². The molecule has 0 fully saturated rings. The Morgan fingerprint density at radius 1 is 1.04 bits per heavy atom. The van der Waals surface area contributed by atoms with Crippen LogP contribution < -0.4 is 10.2 Å². The normalized spacial score (nSPS) is 13.2. The summed E-state index contributed by atoms with van der Waals surface area (Å²) in [6, 6.07) is 16.5. The zero-order valence-corrected chi connectivity index (χ0v) is 15.7. The van der Waals surface area contributed by atoms with Gasteiger partial charge in [-0.25, -0.2) is 0 Å². The van der Waals surface area contributed by atoms with Crippen LogP contribution in [0.15, 0.2) is 60.9 Å². The van der Waals surface area contributed by atoms with E-state index < -0.39 is 0 Å². The quantitative estimate of drug-likeness (QED) is 0.750. The lowest BCUT2D eigenvalue weighted by Crippen LogP contribution is -2.30. The van der Waals surface area contributed by atoms with Crippen molar-refractivity contribution in [1.82, 2.24) is 4.98 Å². The van der Waals surface area contributed by atoms with Gasteiger partial charge < -0.3 is 10.2 Å². The number of aryl methyl sites for hydroxylation is 2. The Morgan fingerprint density at radius 2 is 1.85 bits per heavy atom. The standard InChI is InChI=1S/C23H23N3O/c1-16-7-8-22(17(2)11-16)25-23(27)20-12-21(14-24-13-20)26-10-9-18-5-3-4-6-19(18)15-26/h3-8,11-14H,9-10,15H2,1-2H3,(H,25,27). The van der Waals surface area contributed by atoms with Gasteiger partial charge in [0.05, 0.1) is 17.4 Å². The first-order valence-corrected chi connectivity index (χ1v) is 9.25. The van der Waals surface area contributed by atoms with Crippen LogP contribution in [0.5, 0.6) is 0 Å². The van der Waals surface area contributed by atoms with E-state index in [0.29, 0.717) is 5.56 Å². The molecule has 0 saturated carbocycles. The van der Waals surface area contributed by atoms with E-state index in [1.54, 1.807) is 6.20 Å². The second-order valence-corrected chi connectivity index (χ2v) is 7.14. The minimum atomic E-state index is -0.131. The lowest BCUT2D eigenvalue weighted by atomic mass is 9.99. The summed E-state index contributed by atoms with van der Waals surface area (Å²) in [4.78, 5) is 19.3. The van der Waals surface area contributed by atoms with Crippen molar-refractivity contribution in [3.63, 3.8) is 0 Å². The minimum Gasteiger partial charge on any atom is -0.366 e. The third-order valence-electron chi connectivity index (χ3n) is 5.11. The number of nitrogens with one attached hydrogen (secondary N) is 1. The Hall–Kier alpha value is -3.14. The van der Waals surface area contributed by atoms with Gasteiger partial charge in [-0.05, 0) is 49.1 Å². The van der Waals surface area contributed by atoms with Crippen LogP contribution in [-0.4, -0.2) is 17.4 Å². The number of carbonyl (C=O) groups excluding carboxylic acids is 1. The Kier molecular flexibility index (Phi) is 4.63. The van der Waals surface area contributed by atoms with E-state index in [4.69, 9.17) is 0 Å². The summed E-state index contributed by atoms with van der Waals surface area (Å²) >= 11 is 0. The smallest absolute Gasteiger partial charge is 0.257 e. The number of anilines is 2. The number of aromatic nitrogens is 1. The molecule has 4 rings (SSSR count). The highest BCUT2D eigenvalue weighted by molar-refractivity contribution is 6.05. The molecule has 0 spiro atoms. The van der Waals surface area contributed by atoms with E-state index >= 15 is 0 Å². The topological polar surface area (TPSA) is 45.2 Å². The summed E-state index contributed by atoms with van der Waals surface area (Å²) in [6.45, 7) is 5.83. The van der Waals surface area contributed by atoms with Gasteiger partial charge in [-0.15, -0.1) is 0 Å². The van der Waals surface area contributed by atoms with Crippen LogP contribution in [0, 0.1) is 13.8 Å². The number of hydrogen-bond donors (Lipinski definition) is 1. The molecule has 136 valence electrons. The lowest BCUT2D eigenvalue weighted by Gasteiger charge is -2.30. The Balaban J connectivity index is 1.53. The molecule has 1 aliphatic heterocycles. The molecule has 1 aromatic heterocycles. The van der Waals surface area contributed by atoms with Crippen molar-refractivity contribution in [2.24, 2.45) is 0 Å². The van der Waals surface area contributed by atoms with E-state index in [1.165, 1.54) is 16.7 Å². The van der Waals surface area contributed by atoms with Crippen LogP contribution in [-0.2, 0) is 13.0 Å². The van der Waals surface area contributed by atoms with E-state index in [9.17, 15) is 4.79 Å². The molecule has 1 amide bonds. The molecule has 4 nitrogen and oxygen atoms in total. The van der Waals surface area contributed by atoms with Gasteiger partial charge in [0.25, 0.3) is 5.91 Å². The van der Waals surface area contributed by atoms with E-state index in [-0.39, 0.29) is 5.91 Å². The SMILES string of the molecule is Cc1ccc(NC(=O)c2cncc(N3CCc4ccccc4C3)c2)c(C)c1. The summed E-state index contributed by atoms with van der Waals surface area (Å²) in [5.41, 5.74) is 7.38. The largest absolute Gasteiger partial charge is 0.366 e. The summed E-state index contributed by atoms with van der Waals surface area (Å²) in [7, 11) is 0. The molecular formula is C23H23N3O. The molecule has 1 aliphatic rings.